The summed E-state index contributed by atoms with van der Waals surface area (Å²) in [5.41, 5.74) is 0.855. The number of sulfonamides is 1. The van der Waals surface area contributed by atoms with E-state index in [1.807, 2.05) is 49.4 Å². The lowest BCUT2D eigenvalue weighted by Crippen LogP contribution is -2.39. The summed E-state index contributed by atoms with van der Waals surface area (Å²) >= 11 is 0. The summed E-state index contributed by atoms with van der Waals surface area (Å²) < 4.78 is 32.3. The van der Waals surface area contributed by atoms with E-state index >= 15 is 0 Å². The van der Waals surface area contributed by atoms with E-state index in [0.29, 0.717) is 32.5 Å². The van der Waals surface area contributed by atoms with E-state index in [-0.39, 0.29) is 11.8 Å². The number of carbonyl (C=O) groups is 1. The molecule has 1 aliphatic rings. The zero-order chi connectivity index (χ0) is 20.7. The van der Waals surface area contributed by atoms with Gasteiger partial charge in [0.1, 0.15) is 11.5 Å². The lowest BCUT2D eigenvalue weighted by molar-refractivity contribution is -0.121. The lowest BCUT2D eigenvalue weighted by Gasteiger charge is -2.31. The SMILES string of the molecule is Cc1ccc(CNC(=O)CC[C@H]2CCCN(S(=O)(=O)/C=C/c3ccccc3)C2)o1. The van der Waals surface area contributed by atoms with Gasteiger partial charge >= 0.3 is 0 Å². The first-order chi connectivity index (χ1) is 13.9. The molecule has 1 amide bonds. The third kappa shape index (κ3) is 6.58. The number of hydrogen-bond acceptors (Lipinski definition) is 4. The maximum Gasteiger partial charge on any atom is 0.236 e. The van der Waals surface area contributed by atoms with Crippen molar-refractivity contribution in [2.24, 2.45) is 5.92 Å². The summed E-state index contributed by atoms with van der Waals surface area (Å²) in [6.07, 6.45) is 4.45. The van der Waals surface area contributed by atoms with Gasteiger partial charge in [0.2, 0.25) is 15.9 Å². The van der Waals surface area contributed by atoms with Crippen LogP contribution in [0.15, 0.2) is 52.3 Å². The summed E-state index contributed by atoms with van der Waals surface area (Å²) in [5.74, 6) is 1.71. The van der Waals surface area contributed by atoms with E-state index in [4.69, 9.17) is 4.42 Å². The molecular weight excluding hydrogens is 388 g/mol. The Bertz CT molecular complexity index is 935. The van der Waals surface area contributed by atoms with Gasteiger partial charge in [0.05, 0.1) is 6.54 Å². The minimum Gasteiger partial charge on any atom is -0.465 e. The second-order valence-electron chi connectivity index (χ2n) is 7.45. The summed E-state index contributed by atoms with van der Waals surface area (Å²) in [7, 11) is -3.46. The number of carbonyl (C=O) groups excluding carboxylic acids is 1. The Hall–Kier alpha value is -2.38. The average molecular weight is 417 g/mol. The van der Waals surface area contributed by atoms with Crippen molar-refractivity contribution >= 4 is 22.0 Å². The van der Waals surface area contributed by atoms with Gasteiger partial charge in [0.25, 0.3) is 0 Å². The van der Waals surface area contributed by atoms with Crippen LogP contribution in [0.2, 0.25) is 0 Å². The third-order valence-electron chi connectivity index (χ3n) is 5.11. The minimum absolute atomic E-state index is 0.0389. The van der Waals surface area contributed by atoms with Gasteiger partial charge in [-0.25, -0.2) is 8.42 Å². The second kappa shape index (κ2) is 9.89. The van der Waals surface area contributed by atoms with Gasteiger partial charge in [0, 0.05) is 24.9 Å². The molecule has 0 radical (unpaired) electrons. The number of hydrogen-bond donors (Lipinski definition) is 1. The number of nitrogens with zero attached hydrogens (tertiary/aromatic N) is 1. The highest BCUT2D eigenvalue weighted by atomic mass is 32.2. The van der Waals surface area contributed by atoms with Crippen LogP contribution in [0.5, 0.6) is 0 Å². The first kappa shape index (κ1) is 21.3. The molecule has 1 atom stereocenters. The zero-order valence-electron chi connectivity index (χ0n) is 16.7. The maximum absolute atomic E-state index is 12.7. The van der Waals surface area contributed by atoms with Crippen molar-refractivity contribution in [3.63, 3.8) is 0 Å². The molecule has 0 aliphatic carbocycles. The number of benzene rings is 1. The first-order valence-electron chi connectivity index (χ1n) is 9.98. The average Bonchev–Trinajstić information content (AvgIpc) is 3.15. The van der Waals surface area contributed by atoms with Crippen molar-refractivity contribution in [1.29, 1.82) is 0 Å². The number of aryl methyl sites for hydroxylation is 1. The van der Waals surface area contributed by atoms with Gasteiger partial charge in [-0.1, -0.05) is 30.3 Å². The van der Waals surface area contributed by atoms with Gasteiger partial charge in [-0.15, -0.1) is 0 Å². The van der Waals surface area contributed by atoms with Gasteiger partial charge in [-0.05, 0) is 55.9 Å². The standard InChI is InChI=1S/C22H28N2O4S/c1-18-9-11-21(28-18)16-23-22(25)12-10-20-8-5-14-24(17-20)29(26,27)15-13-19-6-3-2-4-7-19/h2-4,6-7,9,11,13,15,20H,5,8,10,12,14,16-17H2,1H3,(H,23,25)/b15-13+/t20-/m1/s1. The van der Waals surface area contributed by atoms with Crippen LogP contribution in [0.3, 0.4) is 0 Å². The molecule has 1 saturated heterocycles. The Balaban J connectivity index is 1.47. The van der Waals surface area contributed by atoms with Crippen molar-refractivity contribution in [1.82, 2.24) is 9.62 Å². The number of furan rings is 1. The van der Waals surface area contributed by atoms with Crippen LogP contribution in [0.4, 0.5) is 0 Å². The van der Waals surface area contributed by atoms with Gasteiger partial charge in [-0.2, -0.15) is 4.31 Å². The molecule has 156 valence electrons. The molecule has 1 aromatic carbocycles. The fourth-order valence-electron chi connectivity index (χ4n) is 3.50. The summed E-state index contributed by atoms with van der Waals surface area (Å²) in [4.78, 5) is 12.1. The number of nitrogens with one attached hydrogen (secondary N) is 1. The van der Waals surface area contributed by atoms with Crippen LogP contribution in [-0.4, -0.2) is 31.7 Å². The van der Waals surface area contributed by atoms with Crippen LogP contribution in [0.25, 0.3) is 6.08 Å². The van der Waals surface area contributed by atoms with Gasteiger partial charge < -0.3 is 9.73 Å². The Labute approximate surface area is 172 Å². The molecule has 0 saturated carbocycles. The van der Waals surface area contributed by atoms with Crippen molar-refractivity contribution in [2.75, 3.05) is 13.1 Å². The minimum atomic E-state index is -3.46. The lowest BCUT2D eigenvalue weighted by atomic mass is 9.94. The Kier molecular flexibility index (Phi) is 7.28. The van der Waals surface area contributed by atoms with Crippen molar-refractivity contribution < 1.29 is 17.6 Å². The maximum atomic E-state index is 12.7. The molecule has 0 bridgehead atoms. The van der Waals surface area contributed by atoms with Crippen molar-refractivity contribution in [3.8, 4) is 0 Å². The zero-order valence-corrected chi connectivity index (χ0v) is 17.5. The Morgan fingerprint density at radius 1 is 1.24 bits per heavy atom. The molecule has 7 heteroatoms. The fraction of sp³-hybridized carbons (Fsp3) is 0.409. The van der Waals surface area contributed by atoms with E-state index < -0.39 is 10.0 Å². The molecule has 2 heterocycles. The fourth-order valence-corrected chi connectivity index (χ4v) is 4.80. The molecule has 0 unspecified atom stereocenters. The molecule has 6 nitrogen and oxygen atoms in total. The van der Waals surface area contributed by atoms with E-state index in [0.717, 1.165) is 29.9 Å². The number of rotatable bonds is 8. The normalized spacial score (nSPS) is 18.2. The largest absolute Gasteiger partial charge is 0.465 e. The van der Waals surface area contributed by atoms with Crippen LogP contribution < -0.4 is 5.32 Å². The highest BCUT2D eigenvalue weighted by Gasteiger charge is 2.27. The molecule has 1 N–H and O–H groups in total. The summed E-state index contributed by atoms with van der Waals surface area (Å²) in [6.45, 7) is 3.24. The molecule has 2 aromatic rings. The molecular formula is C22H28N2O4S. The molecule has 0 spiro atoms. The molecule has 1 aliphatic heterocycles. The molecule has 29 heavy (non-hydrogen) atoms. The first-order valence-corrected chi connectivity index (χ1v) is 11.5. The predicted octanol–water partition coefficient (Wildman–Crippen LogP) is 3.70. The van der Waals surface area contributed by atoms with Gasteiger partial charge in [-0.3, -0.25) is 4.79 Å². The van der Waals surface area contributed by atoms with E-state index in [2.05, 4.69) is 5.32 Å². The van der Waals surface area contributed by atoms with Crippen LogP contribution in [0.1, 0.15) is 42.8 Å². The quantitative estimate of drug-likeness (QED) is 0.712. The Morgan fingerprint density at radius 2 is 2.03 bits per heavy atom. The van der Waals surface area contributed by atoms with Crippen molar-refractivity contribution in [2.45, 2.75) is 39.2 Å². The van der Waals surface area contributed by atoms with E-state index in [1.54, 1.807) is 6.08 Å². The van der Waals surface area contributed by atoms with Crippen molar-refractivity contribution in [3.05, 3.63) is 65.0 Å². The molecule has 3 rings (SSSR count). The predicted molar refractivity (Wildman–Crippen MR) is 113 cm³/mol. The number of amides is 1. The summed E-state index contributed by atoms with van der Waals surface area (Å²) in [6, 6.07) is 13.1. The molecule has 1 aromatic heterocycles. The van der Waals surface area contributed by atoms with Gasteiger partial charge in [0.15, 0.2) is 0 Å². The monoisotopic (exact) mass is 416 g/mol. The van der Waals surface area contributed by atoms with E-state index in [9.17, 15) is 13.2 Å². The summed E-state index contributed by atoms with van der Waals surface area (Å²) in [5, 5.41) is 4.14. The smallest absolute Gasteiger partial charge is 0.236 e. The second-order valence-corrected chi connectivity index (χ2v) is 9.27. The van der Waals surface area contributed by atoms with Crippen LogP contribution in [0, 0.1) is 12.8 Å². The van der Waals surface area contributed by atoms with Crippen LogP contribution >= 0.6 is 0 Å². The highest BCUT2D eigenvalue weighted by Crippen LogP contribution is 2.24. The van der Waals surface area contributed by atoms with E-state index in [1.165, 1.54) is 9.71 Å². The molecule has 1 fully saturated rings. The number of piperidine rings is 1. The third-order valence-corrected chi connectivity index (χ3v) is 6.64. The van der Waals surface area contributed by atoms with Crippen LogP contribution in [-0.2, 0) is 21.4 Å². The Morgan fingerprint density at radius 3 is 2.76 bits per heavy atom. The highest BCUT2D eigenvalue weighted by molar-refractivity contribution is 7.92. The topological polar surface area (TPSA) is 79.6 Å².